The van der Waals surface area contributed by atoms with Crippen molar-refractivity contribution in [3.05, 3.63) is 53.0 Å². The first-order valence-corrected chi connectivity index (χ1v) is 9.15. The molecule has 1 N–H and O–H groups in total. The number of aryl methyl sites for hydroxylation is 2. The minimum absolute atomic E-state index is 0.155. The van der Waals surface area contributed by atoms with E-state index in [4.69, 9.17) is 9.97 Å². The second kappa shape index (κ2) is 6.92. The summed E-state index contributed by atoms with van der Waals surface area (Å²) >= 11 is 0. The van der Waals surface area contributed by atoms with Crippen molar-refractivity contribution in [3.8, 4) is 0 Å². The molecule has 0 radical (unpaired) electrons. The first-order valence-electron chi connectivity index (χ1n) is 9.15. The first kappa shape index (κ1) is 16.2. The lowest BCUT2D eigenvalue weighted by Crippen LogP contribution is -2.29. The van der Waals surface area contributed by atoms with E-state index in [1.54, 1.807) is 0 Å². The number of carbonyl (C=O) groups is 1. The van der Waals surface area contributed by atoms with Crippen LogP contribution in [0.2, 0.25) is 0 Å². The summed E-state index contributed by atoms with van der Waals surface area (Å²) in [7, 11) is 0. The molecule has 2 aliphatic heterocycles. The molecule has 2 aromatic rings. The second-order valence-corrected chi connectivity index (χ2v) is 6.97. The smallest absolute Gasteiger partial charge is 0.232 e. The molecule has 0 spiro atoms. The molecule has 5 nitrogen and oxygen atoms in total. The fraction of sp³-hybridized carbons (Fsp3) is 0.450. The Kier molecular flexibility index (Phi) is 4.49. The Morgan fingerprint density at radius 3 is 2.84 bits per heavy atom. The quantitative estimate of drug-likeness (QED) is 0.911. The van der Waals surface area contributed by atoms with Crippen LogP contribution in [0.15, 0.2) is 30.3 Å². The van der Waals surface area contributed by atoms with Gasteiger partial charge in [0.2, 0.25) is 5.91 Å². The molecule has 130 valence electrons. The summed E-state index contributed by atoms with van der Waals surface area (Å²) in [5.74, 6) is 2.27. The van der Waals surface area contributed by atoms with E-state index >= 15 is 0 Å². The molecular formula is C20H24N4O. The molecule has 0 aliphatic carbocycles. The van der Waals surface area contributed by atoms with Crippen molar-refractivity contribution in [2.75, 3.05) is 24.5 Å². The van der Waals surface area contributed by atoms with E-state index in [2.05, 4.69) is 29.6 Å². The zero-order valence-corrected chi connectivity index (χ0v) is 14.7. The second-order valence-electron chi connectivity index (χ2n) is 6.97. The van der Waals surface area contributed by atoms with E-state index in [0.29, 0.717) is 12.3 Å². The van der Waals surface area contributed by atoms with Crippen molar-refractivity contribution in [1.29, 1.82) is 0 Å². The molecule has 1 aromatic heterocycles. The fourth-order valence-corrected chi connectivity index (χ4v) is 3.77. The number of hydrogen-bond acceptors (Lipinski definition) is 4. The summed E-state index contributed by atoms with van der Waals surface area (Å²) in [6.45, 7) is 4.68. The summed E-state index contributed by atoms with van der Waals surface area (Å²) in [4.78, 5) is 23.9. The molecule has 1 atom stereocenters. The summed E-state index contributed by atoms with van der Waals surface area (Å²) < 4.78 is 0. The van der Waals surface area contributed by atoms with Gasteiger partial charge in [-0.3, -0.25) is 9.69 Å². The molecule has 0 unspecified atom stereocenters. The zero-order chi connectivity index (χ0) is 17.2. The number of hydrogen-bond donors (Lipinski definition) is 1. The normalized spacial score (nSPS) is 19.5. The molecule has 0 saturated carbocycles. The Bertz CT molecular complexity index is 769. The number of nitrogens with zero attached hydrogens (tertiary/aromatic N) is 3. The third-order valence-corrected chi connectivity index (χ3v) is 5.21. The van der Waals surface area contributed by atoms with Gasteiger partial charge in [0.15, 0.2) is 0 Å². The topological polar surface area (TPSA) is 58.1 Å². The zero-order valence-electron chi connectivity index (χ0n) is 14.7. The lowest BCUT2D eigenvalue weighted by molar-refractivity contribution is -0.117. The van der Waals surface area contributed by atoms with Crippen LogP contribution in [-0.2, 0) is 17.6 Å². The van der Waals surface area contributed by atoms with Gasteiger partial charge >= 0.3 is 0 Å². The van der Waals surface area contributed by atoms with Gasteiger partial charge in [-0.05, 0) is 38.3 Å². The maximum Gasteiger partial charge on any atom is 0.232 e. The molecule has 2 aliphatic rings. The van der Waals surface area contributed by atoms with Crippen LogP contribution in [0.3, 0.4) is 0 Å². The number of amides is 1. The molecular weight excluding hydrogens is 312 g/mol. The van der Waals surface area contributed by atoms with E-state index in [1.807, 2.05) is 17.9 Å². The number of carbonyl (C=O) groups excluding carboxylic acids is 1. The van der Waals surface area contributed by atoms with Crippen LogP contribution in [0.5, 0.6) is 0 Å². The maximum atomic E-state index is 12.5. The van der Waals surface area contributed by atoms with Gasteiger partial charge in [0, 0.05) is 30.3 Å². The van der Waals surface area contributed by atoms with Crippen LogP contribution in [0.25, 0.3) is 0 Å². The van der Waals surface area contributed by atoms with Crippen molar-refractivity contribution < 1.29 is 4.79 Å². The molecule has 1 amide bonds. The monoisotopic (exact) mass is 336 g/mol. The lowest BCUT2D eigenvalue weighted by Gasteiger charge is -2.18. The van der Waals surface area contributed by atoms with E-state index in [9.17, 15) is 4.79 Å². The third-order valence-electron chi connectivity index (χ3n) is 5.21. The van der Waals surface area contributed by atoms with Gasteiger partial charge in [-0.2, -0.15) is 0 Å². The van der Waals surface area contributed by atoms with Crippen molar-refractivity contribution in [2.24, 2.45) is 0 Å². The third kappa shape index (κ3) is 3.29. The van der Waals surface area contributed by atoms with Crippen LogP contribution in [0.4, 0.5) is 5.82 Å². The van der Waals surface area contributed by atoms with Crippen LogP contribution < -0.4 is 10.2 Å². The van der Waals surface area contributed by atoms with Crippen LogP contribution in [0.1, 0.15) is 41.4 Å². The van der Waals surface area contributed by atoms with Crippen LogP contribution in [0, 0.1) is 6.92 Å². The van der Waals surface area contributed by atoms with E-state index in [1.165, 1.54) is 5.56 Å². The van der Waals surface area contributed by atoms with Crippen molar-refractivity contribution in [2.45, 2.75) is 38.5 Å². The van der Waals surface area contributed by atoms with Crippen LogP contribution in [-0.4, -0.2) is 35.5 Å². The Morgan fingerprint density at radius 2 is 2.08 bits per heavy atom. The Labute approximate surface area is 148 Å². The highest BCUT2D eigenvalue weighted by molar-refractivity contribution is 6.00. The number of rotatable bonds is 5. The van der Waals surface area contributed by atoms with Gasteiger partial charge in [-0.1, -0.05) is 30.3 Å². The number of aromatic nitrogens is 2. The summed E-state index contributed by atoms with van der Waals surface area (Å²) in [6, 6.07) is 10.4. The highest BCUT2D eigenvalue weighted by Crippen LogP contribution is 2.31. The largest absolute Gasteiger partial charge is 0.316 e. The molecule has 1 aromatic carbocycles. The number of nitrogens with one attached hydrogen (secondary N) is 1. The summed E-state index contributed by atoms with van der Waals surface area (Å²) in [6.07, 6.45) is 3.43. The minimum Gasteiger partial charge on any atom is -0.316 e. The predicted molar refractivity (Wildman–Crippen MR) is 97.8 cm³/mol. The van der Waals surface area contributed by atoms with Crippen molar-refractivity contribution in [3.63, 3.8) is 0 Å². The van der Waals surface area contributed by atoms with Crippen molar-refractivity contribution in [1.82, 2.24) is 15.3 Å². The Balaban J connectivity index is 1.51. The molecule has 1 saturated heterocycles. The van der Waals surface area contributed by atoms with E-state index in [-0.39, 0.29) is 5.91 Å². The van der Waals surface area contributed by atoms with E-state index < -0.39 is 0 Å². The molecule has 0 bridgehead atoms. The SMILES string of the molecule is Cc1nc([C@H]2CCNC2)nc2c1CC(=O)N2CCCc1ccccc1. The number of fused-ring (bicyclic) bond motifs is 1. The van der Waals surface area contributed by atoms with Gasteiger partial charge in [0.05, 0.1) is 6.42 Å². The highest BCUT2D eigenvalue weighted by Gasteiger charge is 2.32. The van der Waals surface area contributed by atoms with Gasteiger partial charge in [0.25, 0.3) is 0 Å². The molecule has 5 heteroatoms. The first-order chi connectivity index (χ1) is 12.2. The highest BCUT2D eigenvalue weighted by atomic mass is 16.2. The van der Waals surface area contributed by atoms with Gasteiger partial charge in [-0.15, -0.1) is 0 Å². The predicted octanol–water partition coefficient (Wildman–Crippen LogP) is 2.38. The number of anilines is 1. The summed E-state index contributed by atoms with van der Waals surface area (Å²) in [5, 5.41) is 3.37. The van der Waals surface area contributed by atoms with Gasteiger partial charge in [-0.25, -0.2) is 9.97 Å². The molecule has 25 heavy (non-hydrogen) atoms. The Morgan fingerprint density at radius 1 is 1.24 bits per heavy atom. The molecule has 3 heterocycles. The van der Waals surface area contributed by atoms with Crippen molar-refractivity contribution >= 4 is 11.7 Å². The fourth-order valence-electron chi connectivity index (χ4n) is 3.77. The molecule has 1 fully saturated rings. The van der Waals surface area contributed by atoms with E-state index in [0.717, 1.165) is 61.8 Å². The summed E-state index contributed by atoms with van der Waals surface area (Å²) in [5.41, 5.74) is 3.29. The number of benzene rings is 1. The van der Waals surface area contributed by atoms with Gasteiger partial charge < -0.3 is 5.32 Å². The average molecular weight is 336 g/mol. The lowest BCUT2D eigenvalue weighted by atomic mass is 10.1. The van der Waals surface area contributed by atoms with Crippen LogP contribution >= 0.6 is 0 Å². The average Bonchev–Trinajstić information content (AvgIpc) is 3.25. The standard InChI is InChI=1S/C20H24N4O/c1-14-17-12-18(25)24(11-5-8-15-6-3-2-4-7-15)20(17)23-19(22-14)16-9-10-21-13-16/h2-4,6-7,16,21H,5,8-13H2,1H3/t16-/m0/s1. The maximum absolute atomic E-state index is 12.5. The minimum atomic E-state index is 0.155. The molecule has 4 rings (SSSR count). The Hall–Kier alpha value is -2.27. The van der Waals surface area contributed by atoms with Gasteiger partial charge in [0.1, 0.15) is 11.6 Å².